The largest absolute Gasteiger partial charge is 0.0654 e. The van der Waals surface area contributed by atoms with Crippen LogP contribution < -0.4 is 0 Å². The van der Waals surface area contributed by atoms with Gasteiger partial charge in [-0.2, -0.15) is 0 Å². The van der Waals surface area contributed by atoms with Gasteiger partial charge in [-0.05, 0) is 67.1 Å². The third-order valence-electron chi connectivity index (χ3n) is 6.79. The molecule has 0 saturated heterocycles. The normalized spacial score (nSPS) is 24.1. The summed E-state index contributed by atoms with van der Waals surface area (Å²) in [5.74, 6) is 6.60. The number of hydrogen-bond acceptors (Lipinski definition) is 0. The Hall–Kier alpha value is 0. The molecule has 1 aliphatic rings. The molecule has 0 aromatic rings. The molecule has 1 saturated carbocycles. The van der Waals surface area contributed by atoms with Crippen molar-refractivity contribution in [1.82, 2.24) is 0 Å². The van der Waals surface area contributed by atoms with Crippen LogP contribution in [-0.4, -0.2) is 0 Å². The molecule has 0 amide bonds. The molecule has 0 heterocycles. The summed E-state index contributed by atoms with van der Waals surface area (Å²) in [7, 11) is 0. The third kappa shape index (κ3) is 6.33. The average Bonchev–Trinajstić information content (AvgIpc) is 3.29. The zero-order chi connectivity index (χ0) is 16.0. The molecule has 0 spiro atoms. The monoisotopic (exact) mass is 294 g/mol. The van der Waals surface area contributed by atoms with Crippen LogP contribution in [0.25, 0.3) is 0 Å². The molecular formula is C21H42. The fourth-order valence-corrected chi connectivity index (χ4v) is 4.13. The van der Waals surface area contributed by atoms with Gasteiger partial charge in [-0.15, -0.1) is 0 Å². The first-order valence-electron chi connectivity index (χ1n) is 9.90. The first-order chi connectivity index (χ1) is 9.90. The van der Waals surface area contributed by atoms with Crippen LogP contribution in [0.1, 0.15) is 93.4 Å². The maximum Gasteiger partial charge on any atom is -0.0381 e. The van der Waals surface area contributed by atoms with Gasteiger partial charge >= 0.3 is 0 Å². The molecule has 0 N–H and O–H groups in total. The highest BCUT2D eigenvalue weighted by atomic mass is 14.4. The minimum absolute atomic E-state index is 0.894. The average molecular weight is 295 g/mol. The molecule has 0 nitrogen and oxygen atoms in total. The van der Waals surface area contributed by atoms with E-state index < -0.39 is 0 Å². The van der Waals surface area contributed by atoms with Gasteiger partial charge in [0.1, 0.15) is 0 Å². The molecule has 21 heavy (non-hydrogen) atoms. The Morgan fingerprint density at radius 2 is 1.33 bits per heavy atom. The summed E-state index contributed by atoms with van der Waals surface area (Å²) < 4.78 is 0. The highest BCUT2D eigenvalue weighted by Crippen LogP contribution is 2.45. The van der Waals surface area contributed by atoms with Crippen molar-refractivity contribution in [2.24, 2.45) is 41.4 Å². The van der Waals surface area contributed by atoms with Crippen molar-refractivity contribution in [1.29, 1.82) is 0 Å². The minimum atomic E-state index is 0.894. The topological polar surface area (TPSA) is 0 Å². The van der Waals surface area contributed by atoms with Crippen molar-refractivity contribution >= 4 is 0 Å². The van der Waals surface area contributed by atoms with Gasteiger partial charge in [0.05, 0.1) is 0 Å². The molecule has 1 aliphatic carbocycles. The standard InChI is InChI=1S/C21H42/c1-8-10-16(4)19(7)18(6)14-21(20-11-12-20)13-17(5)15(3)9-2/h15-21H,8-14H2,1-7H3. The lowest BCUT2D eigenvalue weighted by atomic mass is 9.74. The molecule has 0 aromatic heterocycles. The van der Waals surface area contributed by atoms with Gasteiger partial charge in [0.15, 0.2) is 0 Å². The lowest BCUT2D eigenvalue weighted by molar-refractivity contribution is 0.188. The van der Waals surface area contributed by atoms with Crippen molar-refractivity contribution in [2.45, 2.75) is 93.4 Å². The summed E-state index contributed by atoms with van der Waals surface area (Å²) in [5.41, 5.74) is 0. The second kappa shape index (κ2) is 9.21. The van der Waals surface area contributed by atoms with Crippen LogP contribution in [0.2, 0.25) is 0 Å². The molecule has 0 bridgehead atoms. The predicted molar refractivity (Wildman–Crippen MR) is 96.5 cm³/mol. The second-order valence-electron chi connectivity index (χ2n) is 8.53. The van der Waals surface area contributed by atoms with E-state index in [0.717, 1.165) is 41.4 Å². The van der Waals surface area contributed by atoms with Crippen LogP contribution in [0.4, 0.5) is 0 Å². The third-order valence-corrected chi connectivity index (χ3v) is 6.79. The molecule has 0 aromatic carbocycles. The van der Waals surface area contributed by atoms with Crippen LogP contribution in [0.3, 0.4) is 0 Å². The van der Waals surface area contributed by atoms with Crippen molar-refractivity contribution in [3.63, 3.8) is 0 Å². The molecular weight excluding hydrogens is 252 g/mol. The van der Waals surface area contributed by atoms with Gasteiger partial charge in [-0.3, -0.25) is 0 Å². The maximum absolute atomic E-state index is 2.53. The van der Waals surface area contributed by atoms with Gasteiger partial charge in [0.25, 0.3) is 0 Å². The zero-order valence-corrected chi connectivity index (χ0v) is 16.0. The van der Waals surface area contributed by atoms with Gasteiger partial charge in [0.2, 0.25) is 0 Å². The first kappa shape index (κ1) is 19.0. The van der Waals surface area contributed by atoms with E-state index in [9.17, 15) is 0 Å². The summed E-state index contributed by atoms with van der Waals surface area (Å²) in [5, 5.41) is 0. The lowest BCUT2D eigenvalue weighted by Crippen LogP contribution is -2.22. The van der Waals surface area contributed by atoms with E-state index in [1.165, 1.54) is 44.9 Å². The molecule has 1 rings (SSSR count). The van der Waals surface area contributed by atoms with Crippen molar-refractivity contribution in [3.05, 3.63) is 0 Å². The van der Waals surface area contributed by atoms with Crippen LogP contribution in [-0.2, 0) is 0 Å². The molecule has 0 radical (unpaired) electrons. The van der Waals surface area contributed by atoms with Gasteiger partial charge in [-0.1, -0.05) is 67.7 Å². The van der Waals surface area contributed by atoms with Crippen LogP contribution in [0.15, 0.2) is 0 Å². The van der Waals surface area contributed by atoms with E-state index in [1.807, 2.05) is 0 Å². The summed E-state index contributed by atoms with van der Waals surface area (Å²) in [4.78, 5) is 0. The quantitative estimate of drug-likeness (QED) is 0.378. The Balaban J connectivity index is 2.50. The highest BCUT2D eigenvalue weighted by Gasteiger charge is 2.34. The summed E-state index contributed by atoms with van der Waals surface area (Å²) in [6, 6.07) is 0. The van der Waals surface area contributed by atoms with Crippen LogP contribution >= 0.6 is 0 Å². The Bertz CT molecular complexity index is 265. The van der Waals surface area contributed by atoms with E-state index >= 15 is 0 Å². The van der Waals surface area contributed by atoms with Gasteiger partial charge < -0.3 is 0 Å². The predicted octanol–water partition coefficient (Wildman–Crippen LogP) is 7.18. The van der Waals surface area contributed by atoms with Crippen LogP contribution in [0, 0.1) is 41.4 Å². The highest BCUT2D eigenvalue weighted by molar-refractivity contribution is 4.85. The van der Waals surface area contributed by atoms with E-state index in [2.05, 4.69) is 48.5 Å². The molecule has 1 fully saturated rings. The van der Waals surface area contributed by atoms with Gasteiger partial charge in [0, 0.05) is 0 Å². The fraction of sp³-hybridized carbons (Fsp3) is 1.00. The first-order valence-corrected chi connectivity index (χ1v) is 9.90. The smallest absolute Gasteiger partial charge is 0.0381 e. The van der Waals surface area contributed by atoms with Crippen molar-refractivity contribution in [2.75, 3.05) is 0 Å². The van der Waals surface area contributed by atoms with Crippen molar-refractivity contribution < 1.29 is 0 Å². The summed E-state index contributed by atoms with van der Waals surface area (Å²) in [6.45, 7) is 17.1. The maximum atomic E-state index is 2.53. The zero-order valence-electron chi connectivity index (χ0n) is 16.0. The molecule has 6 unspecified atom stereocenters. The van der Waals surface area contributed by atoms with E-state index in [4.69, 9.17) is 0 Å². The van der Waals surface area contributed by atoms with Gasteiger partial charge in [-0.25, -0.2) is 0 Å². The van der Waals surface area contributed by atoms with Crippen LogP contribution in [0.5, 0.6) is 0 Å². The van der Waals surface area contributed by atoms with Crippen molar-refractivity contribution in [3.8, 4) is 0 Å². The number of hydrogen-bond donors (Lipinski definition) is 0. The molecule has 126 valence electrons. The molecule has 0 aliphatic heterocycles. The minimum Gasteiger partial charge on any atom is -0.0654 e. The second-order valence-corrected chi connectivity index (χ2v) is 8.53. The van der Waals surface area contributed by atoms with E-state index in [0.29, 0.717) is 0 Å². The fourth-order valence-electron chi connectivity index (χ4n) is 4.13. The summed E-state index contributed by atoms with van der Waals surface area (Å²) in [6.07, 6.45) is 10.1. The number of rotatable bonds is 11. The lowest BCUT2D eigenvalue weighted by Gasteiger charge is -2.31. The molecule has 0 heteroatoms. The van der Waals surface area contributed by atoms with E-state index in [1.54, 1.807) is 0 Å². The summed E-state index contributed by atoms with van der Waals surface area (Å²) >= 11 is 0. The Morgan fingerprint density at radius 3 is 1.81 bits per heavy atom. The molecule has 6 atom stereocenters. The van der Waals surface area contributed by atoms with E-state index in [-0.39, 0.29) is 0 Å². The Labute approximate surface area is 135 Å². The Morgan fingerprint density at radius 1 is 0.762 bits per heavy atom. The Kier molecular flexibility index (Phi) is 8.35. The SMILES string of the molecule is CCCC(C)C(C)C(C)CC(CC(C)C(C)CC)C1CC1.